The maximum Gasteiger partial charge on any atom is 0.416 e. The molecular formula is C13H15F3N2O3. The minimum absolute atomic E-state index is 0.0836. The lowest BCUT2D eigenvalue weighted by molar-refractivity contribution is -0.137. The fraction of sp³-hybridized carbons (Fsp3) is 0.385. The molecule has 1 amide bonds. The molecule has 0 aliphatic heterocycles. The predicted octanol–water partition coefficient (Wildman–Crippen LogP) is 1.06. The quantitative estimate of drug-likeness (QED) is 0.771. The van der Waals surface area contributed by atoms with Gasteiger partial charge in [0.15, 0.2) is 6.29 Å². The SMILES string of the molecule is CN(CC(=O)NCCO)c1ccc(C(F)(F)F)cc1C=O. The molecule has 0 heterocycles. The number of hydrogen-bond acceptors (Lipinski definition) is 4. The van der Waals surface area contributed by atoms with Crippen molar-refractivity contribution in [3.63, 3.8) is 0 Å². The van der Waals surface area contributed by atoms with E-state index in [2.05, 4.69) is 5.32 Å². The molecule has 0 saturated carbocycles. The number of benzene rings is 1. The van der Waals surface area contributed by atoms with Gasteiger partial charge in [0.2, 0.25) is 5.91 Å². The van der Waals surface area contributed by atoms with E-state index in [0.717, 1.165) is 18.2 Å². The first kappa shape index (κ1) is 17.0. The number of hydrogen-bond donors (Lipinski definition) is 2. The Bertz CT molecular complexity index is 518. The Morgan fingerprint density at radius 2 is 2.10 bits per heavy atom. The van der Waals surface area contributed by atoms with E-state index in [0.29, 0.717) is 6.29 Å². The van der Waals surface area contributed by atoms with Gasteiger partial charge in [-0.1, -0.05) is 0 Å². The van der Waals surface area contributed by atoms with Crippen LogP contribution in [0.3, 0.4) is 0 Å². The fourth-order valence-corrected chi connectivity index (χ4v) is 1.72. The molecule has 5 nitrogen and oxygen atoms in total. The van der Waals surface area contributed by atoms with Crippen molar-refractivity contribution < 1.29 is 27.9 Å². The number of halogens is 3. The van der Waals surface area contributed by atoms with Gasteiger partial charge in [0, 0.05) is 24.8 Å². The summed E-state index contributed by atoms with van der Waals surface area (Å²) in [6.45, 7) is -0.276. The van der Waals surface area contributed by atoms with Crippen LogP contribution in [0.5, 0.6) is 0 Å². The number of anilines is 1. The molecule has 0 unspecified atom stereocenters. The van der Waals surface area contributed by atoms with E-state index in [1.165, 1.54) is 11.9 Å². The van der Waals surface area contributed by atoms with Crippen molar-refractivity contribution >= 4 is 17.9 Å². The van der Waals surface area contributed by atoms with Crippen LogP contribution in [0.15, 0.2) is 18.2 Å². The average molecular weight is 304 g/mol. The minimum atomic E-state index is -4.53. The second-order valence-corrected chi connectivity index (χ2v) is 4.32. The molecule has 0 saturated heterocycles. The van der Waals surface area contributed by atoms with Gasteiger partial charge in [-0.2, -0.15) is 13.2 Å². The Morgan fingerprint density at radius 1 is 1.43 bits per heavy atom. The number of nitrogens with zero attached hydrogens (tertiary/aromatic N) is 1. The van der Waals surface area contributed by atoms with Crippen molar-refractivity contribution in [3.05, 3.63) is 29.3 Å². The Morgan fingerprint density at radius 3 is 2.62 bits per heavy atom. The number of alkyl halides is 3. The van der Waals surface area contributed by atoms with Crippen LogP contribution in [0, 0.1) is 0 Å². The molecular weight excluding hydrogens is 289 g/mol. The normalized spacial score (nSPS) is 11.1. The van der Waals surface area contributed by atoms with E-state index in [1.807, 2.05) is 0 Å². The van der Waals surface area contributed by atoms with E-state index < -0.39 is 17.6 Å². The third-order valence-corrected chi connectivity index (χ3v) is 2.71. The topological polar surface area (TPSA) is 69.6 Å². The van der Waals surface area contributed by atoms with Crippen LogP contribution >= 0.6 is 0 Å². The van der Waals surface area contributed by atoms with Gasteiger partial charge < -0.3 is 15.3 Å². The van der Waals surface area contributed by atoms with Gasteiger partial charge in [-0.15, -0.1) is 0 Å². The van der Waals surface area contributed by atoms with Crippen molar-refractivity contribution in [2.45, 2.75) is 6.18 Å². The second-order valence-electron chi connectivity index (χ2n) is 4.32. The standard InChI is InChI=1S/C13H15F3N2O3/c1-18(7-12(21)17-4-5-19)11-3-2-10(13(14,15)16)6-9(11)8-20/h2-3,6,8,19H,4-5,7H2,1H3,(H,17,21). The molecule has 0 atom stereocenters. The minimum Gasteiger partial charge on any atom is -0.395 e. The van der Waals surface area contributed by atoms with Gasteiger partial charge in [0.25, 0.3) is 0 Å². The highest BCUT2D eigenvalue weighted by molar-refractivity contribution is 5.88. The van der Waals surface area contributed by atoms with Crippen LogP contribution < -0.4 is 10.2 Å². The first-order valence-corrected chi connectivity index (χ1v) is 6.04. The van der Waals surface area contributed by atoms with E-state index >= 15 is 0 Å². The number of nitrogens with one attached hydrogen (secondary N) is 1. The van der Waals surface area contributed by atoms with Crippen LogP contribution in [0.4, 0.5) is 18.9 Å². The zero-order valence-electron chi connectivity index (χ0n) is 11.3. The largest absolute Gasteiger partial charge is 0.416 e. The second kappa shape index (κ2) is 7.07. The summed E-state index contributed by atoms with van der Waals surface area (Å²) in [4.78, 5) is 23.8. The highest BCUT2D eigenvalue weighted by Gasteiger charge is 2.31. The Hall–Kier alpha value is -2.09. The molecule has 8 heteroatoms. The molecule has 21 heavy (non-hydrogen) atoms. The molecule has 1 aromatic rings. The molecule has 0 bridgehead atoms. The highest BCUT2D eigenvalue weighted by Crippen LogP contribution is 2.32. The summed E-state index contributed by atoms with van der Waals surface area (Å²) in [6, 6.07) is 2.74. The van der Waals surface area contributed by atoms with E-state index in [4.69, 9.17) is 5.11 Å². The Labute approximate surface area is 119 Å². The lowest BCUT2D eigenvalue weighted by Crippen LogP contribution is -2.36. The third kappa shape index (κ3) is 4.75. The maximum absolute atomic E-state index is 12.6. The number of carbonyl (C=O) groups excluding carboxylic acids is 2. The predicted molar refractivity (Wildman–Crippen MR) is 70.2 cm³/mol. The first-order chi connectivity index (χ1) is 9.79. The van der Waals surface area contributed by atoms with Gasteiger partial charge in [-0.05, 0) is 18.2 Å². The van der Waals surface area contributed by atoms with Crippen LogP contribution in [0.2, 0.25) is 0 Å². The smallest absolute Gasteiger partial charge is 0.395 e. The zero-order chi connectivity index (χ0) is 16.0. The molecule has 0 aliphatic carbocycles. The lowest BCUT2D eigenvalue weighted by atomic mass is 10.1. The van der Waals surface area contributed by atoms with Crippen molar-refractivity contribution in [2.24, 2.45) is 0 Å². The first-order valence-electron chi connectivity index (χ1n) is 6.04. The van der Waals surface area contributed by atoms with Crippen LogP contribution in [0.25, 0.3) is 0 Å². The molecule has 116 valence electrons. The number of likely N-dealkylation sites (N-methyl/N-ethyl adjacent to an activating group) is 1. The highest BCUT2D eigenvalue weighted by atomic mass is 19.4. The summed E-state index contributed by atoms with van der Waals surface area (Å²) in [5.41, 5.74) is -0.856. The fourth-order valence-electron chi connectivity index (χ4n) is 1.72. The molecule has 1 aromatic carbocycles. The third-order valence-electron chi connectivity index (χ3n) is 2.71. The van der Waals surface area contributed by atoms with Gasteiger partial charge in [-0.3, -0.25) is 9.59 Å². The number of aliphatic hydroxyl groups is 1. The summed E-state index contributed by atoms with van der Waals surface area (Å²) >= 11 is 0. The number of aliphatic hydroxyl groups excluding tert-OH is 1. The van der Waals surface area contributed by atoms with Gasteiger partial charge in [0.05, 0.1) is 18.7 Å². The van der Waals surface area contributed by atoms with E-state index in [9.17, 15) is 22.8 Å². The summed E-state index contributed by atoms with van der Waals surface area (Å²) < 4.78 is 37.7. The molecule has 0 spiro atoms. The lowest BCUT2D eigenvalue weighted by Gasteiger charge is -2.21. The molecule has 2 N–H and O–H groups in total. The van der Waals surface area contributed by atoms with Crippen molar-refractivity contribution in [1.29, 1.82) is 0 Å². The van der Waals surface area contributed by atoms with Crippen LogP contribution in [0.1, 0.15) is 15.9 Å². The molecule has 0 aliphatic rings. The van der Waals surface area contributed by atoms with Gasteiger partial charge in [0.1, 0.15) is 0 Å². The van der Waals surface area contributed by atoms with Gasteiger partial charge in [-0.25, -0.2) is 0 Å². The zero-order valence-corrected chi connectivity index (χ0v) is 11.3. The number of amides is 1. The maximum atomic E-state index is 12.6. The number of carbonyl (C=O) groups is 2. The van der Waals surface area contributed by atoms with Gasteiger partial charge >= 0.3 is 6.18 Å². The summed E-state index contributed by atoms with van der Waals surface area (Å²) in [5.74, 6) is -0.414. The van der Waals surface area contributed by atoms with E-state index in [1.54, 1.807) is 0 Å². The van der Waals surface area contributed by atoms with Crippen molar-refractivity contribution in [1.82, 2.24) is 5.32 Å². The van der Waals surface area contributed by atoms with Crippen molar-refractivity contribution in [2.75, 3.05) is 31.6 Å². The summed E-state index contributed by atoms with van der Waals surface area (Å²) in [7, 11) is 1.48. The van der Waals surface area contributed by atoms with E-state index in [-0.39, 0.29) is 30.9 Å². The van der Waals surface area contributed by atoms with Crippen LogP contribution in [-0.2, 0) is 11.0 Å². The van der Waals surface area contributed by atoms with Crippen LogP contribution in [-0.4, -0.2) is 44.0 Å². The monoisotopic (exact) mass is 304 g/mol. The Kier molecular flexibility index (Phi) is 5.71. The Balaban J connectivity index is 2.92. The van der Waals surface area contributed by atoms with Crippen molar-refractivity contribution in [3.8, 4) is 0 Å². The molecule has 0 fully saturated rings. The summed E-state index contributed by atoms with van der Waals surface area (Å²) in [5, 5.41) is 11.0. The number of rotatable bonds is 6. The molecule has 0 aromatic heterocycles. The summed E-state index contributed by atoms with van der Waals surface area (Å²) in [6.07, 6.45) is -4.22. The molecule has 0 radical (unpaired) electrons. The number of aldehydes is 1. The molecule has 1 rings (SSSR count). The average Bonchev–Trinajstić information content (AvgIpc) is 2.43.